The van der Waals surface area contributed by atoms with Crippen LogP contribution >= 0.6 is 0 Å². The van der Waals surface area contributed by atoms with Gasteiger partial charge in [-0.3, -0.25) is 9.59 Å². The molecule has 2 amide bonds. The van der Waals surface area contributed by atoms with Gasteiger partial charge in [0.05, 0.1) is 7.11 Å². The van der Waals surface area contributed by atoms with Gasteiger partial charge in [0, 0.05) is 13.1 Å². The van der Waals surface area contributed by atoms with Crippen LogP contribution < -0.4 is 14.8 Å². The van der Waals surface area contributed by atoms with E-state index in [4.69, 9.17) is 9.47 Å². The van der Waals surface area contributed by atoms with Gasteiger partial charge in [0.25, 0.3) is 5.91 Å². The summed E-state index contributed by atoms with van der Waals surface area (Å²) in [5.41, 5.74) is 2.11. The lowest BCUT2D eigenvalue weighted by Crippen LogP contribution is -2.50. The molecule has 6 heteroatoms. The second kappa shape index (κ2) is 11.9. The first kappa shape index (κ1) is 23.3. The van der Waals surface area contributed by atoms with Crippen molar-refractivity contribution in [2.24, 2.45) is 0 Å². The summed E-state index contributed by atoms with van der Waals surface area (Å²) in [5.74, 6) is 0.660. The van der Waals surface area contributed by atoms with E-state index in [9.17, 15) is 9.59 Å². The fourth-order valence-corrected chi connectivity index (χ4v) is 3.14. The molecule has 162 valence electrons. The van der Waals surface area contributed by atoms with Crippen LogP contribution in [0.3, 0.4) is 0 Å². The summed E-state index contributed by atoms with van der Waals surface area (Å²) < 4.78 is 11.0. The lowest BCUT2D eigenvalue weighted by molar-refractivity contribution is -0.143. The van der Waals surface area contributed by atoms with Crippen LogP contribution in [-0.2, 0) is 16.1 Å². The fourth-order valence-electron chi connectivity index (χ4n) is 3.14. The molecule has 2 aromatic carbocycles. The number of rotatable bonds is 11. The zero-order chi connectivity index (χ0) is 21.9. The Morgan fingerprint density at radius 2 is 1.70 bits per heavy atom. The smallest absolute Gasteiger partial charge is 0.261 e. The molecule has 0 saturated carbocycles. The Kier molecular flexibility index (Phi) is 9.19. The minimum atomic E-state index is -0.563. The molecule has 0 aliphatic carbocycles. The summed E-state index contributed by atoms with van der Waals surface area (Å²) in [4.78, 5) is 27.5. The number of para-hydroxylation sites is 2. The van der Waals surface area contributed by atoms with Crippen LogP contribution in [-0.4, -0.2) is 43.0 Å². The fraction of sp³-hybridized carbons (Fsp3) is 0.417. The van der Waals surface area contributed by atoms with E-state index in [0.29, 0.717) is 31.0 Å². The maximum absolute atomic E-state index is 13.1. The molecule has 0 radical (unpaired) electrons. The van der Waals surface area contributed by atoms with Gasteiger partial charge < -0.3 is 19.7 Å². The molecule has 0 saturated heterocycles. The summed E-state index contributed by atoms with van der Waals surface area (Å²) >= 11 is 0. The molecule has 0 unspecified atom stereocenters. The first-order valence-electron chi connectivity index (χ1n) is 10.4. The molecule has 0 aliphatic rings. The van der Waals surface area contributed by atoms with Crippen molar-refractivity contribution in [2.45, 2.75) is 46.2 Å². The molecule has 2 aromatic rings. The van der Waals surface area contributed by atoms with Crippen LogP contribution in [0, 0.1) is 6.92 Å². The van der Waals surface area contributed by atoms with Crippen LogP contribution in [0.5, 0.6) is 11.5 Å². The lowest BCUT2D eigenvalue weighted by Gasteiger charge is -2.30. The summed E-state index contributed by atoms with van der Waals surface area (Å²) in [6.45, 7) is 6.67. The minimum Gasteiger partial charge on any atom is -0.493 e. The number of amides is 2. The number of aryl methyl sites for hydroxylation is 1. The predicted octanol–water partition coefficient (Wildman–Crippen LogP) is 3.72. The van der Waals surface area contributed by atoms with Crippen molar-refractivity contribution < 1.29 is 19.1 Å². The molecule has 1 atom stereocenters. The van der Waals surface area contributed by atoms with E-state index >= 15 is 0 Å². The van der Waals surface area contributed by atoms with Crippen molar-refractivity contribution in [3.63, 3.8) is 0 Å². The number of carbonyl (C=O) groups is 2. The van der Waals surface area contributed by atoms with E-state index in [2.05, 4.69) is 5.32 Å². The quantitative estimate of drug-likeness (QED) is 0.611. The average Bonchev–Trinajstić information content (AvgIpc) is 2.77. The van der Waals surface area contributed by atoms with Crippen molar-refractivity contribution in [2.75, 3.05) is 20.3 Å². The molecule has 0 fully saturated rings. The van der Waals surface area contributed by atoms with Gasteiger partial charge in [0.2, 0.25) is 5.91 Å². The van der Waals surface area contributed by atoms with E-state index in [1.165, 1.54) is 0 Å². The third kappa shape index (κ3) is 6.51. The Morgan fingerprint density at radius 1 is 1.03 bits per heavy atom. The molecule has 0 spiro atoms. The number of hydrogen-bond acceptors (Lipinski definition) is 4. The first-order chi connectivity index (χ1) is 14.5. The van der Waals surface area contributed by atoms with Gasteiger partial charge >= 0.3 is 0 Å². The van der Waals surface area contributed by atoms with E-state index in [-0.39, 0.29) is 18.4 Å². The third-order valence-electron chi connectivity index (χ3n) is 4.83. The molecular formula is C24H32N2O4. The molecule has 6 nitrogen and oxygen atoms in total. The van der Waals surface area contributed by atoms with Gasteiger partial charge in [-0.15, -0.1) is 0 Å². The highest BCUT2D eigenvalue weighted by molar-refractivity contribution is 5.88. The Bertz CT molecular complexity index is 820. The van der Waals surface area contributed by atoms with Crippen LogP contribution in [0.2, 0.25) is 0 Å². The third-order valence-corrected chi connectivity index (χ3v) is 4.83. The predicted molar refractivity (Wildman–Crippen MR) is 118 cm³/mol. The monoisotopic (exact) mass is 412 g/mol. The molecule has 0 bridgehead atoms. The number of methoxy groups -OCH3 is 1. The molecule has 0 heterocycles. The van der Waals surface area contributed by atoms with Gasteiger partial charge in [0.1, 0.15) is 6.04 Å². The summed E-state index contributed by atoms with van der Waals surface area (Å²) in [6.07, 6.45) is 1.35. The van der Waals surface area contributed by atoms with Crippen LogP contribution in [0.25, 0.3) is 0 Å². The largest absolute Gasteiger partial charge is 0.493 e. The van der Waals surface area contributed by atoms with E-state index in [1.807, 2.05) is 57.2 Å². The van der Waals surface area contributed by atoms with E-state index < -0.39 is 6.04 Å². The van der Waals surface area contributed by atoms with Crippen LogP contribution in [0.15, 0.2) is 48.5 Å². The number of hydrogen-bond donors (Lipinski definition) is 1. The number of nitrogens with zero attached hydrogens (tertiary/aromatic N) is 1. The maximum Gasteiger partial charge on any atom is 0.261 e. The van der Waals surface area contributed by atoms with Gasteiger partial charge in [-0.1, -0.05) is 55.8 Å². The molecule has 30 heavy (non-hydrogen) atoms. The van der Waals surface area contributed by atoms with Gasteiger partial charge in [-0.05, 0) is 37.5 Å². The van der Waals surface area contributed by atoms with Crippen molar-refractivity contribution in [1.82, 2.24) is 10.2 Å². The second-order valence-electron chi connectivity index (χ2n) is 7.16. The SMILES string of the molecule is CCCNC(=O)[C@H](CC)N(Cc1ccc(C)cc1)C(=O)COc1ccccc1OC. The Hall–Kier alpha value is -3.02. The highest BCUT2D eigenvalue weighted by atomic mass is 16.5. The number of carbonyl (C=O) groups excluding carboxylic acids is 2. The minimum absolute atomic E-state index is 0.142. The maximum atomic E-state index is 13.1. The van der Waals surface area contributed by atoms with Crippen LogP contribution in [0.1, 0.15) is 37.8 Å². The topological polar surface area (TPSA) is 67.9 Å². The highest BCUT2D eigenvalue weighted by Gasteiger charge is 2.28. The molecule has 0 aromatic heterocycles. The molecular weight excluding hydrogens is 380 g/mol. The van der Waals surface area contributed by atoms with Gasteiger partial charge in [0.15, 0.2) is 18.1 Å². The van der Waals surface area contributed by atoms with Crippen LogP contribution in [0.4, 0.5) is 0 Å². The van der Waals surface area contributed by atoms with Crippen molar-refractivity contribution in [1.29, 1.82) is 0 Å². The highest BCUT2D eigenvalue weighted by Crippen LogP contribution is 2.26. The van der Waals surface area contributed by atoms with Crippen molar-refractivity contribution in [3.05, 3.63) is 59.7 Å². The molecule has 2 rings (SSSR count). The average molecular weight is 413 g/mol. The second-order valence-corrected chi connectivity index (χ2v) is 7.16. The molecule has 1 N–H and O–H groups in total. The van der Waals surface area contributed by atoms with E-state index in [1.54, 1.807) is 24.1 Å². The Morgan fingerprint density at radius 3 is 2.30 bits per heavy atom. The summed E-state index contributed by atoms with van der Waals surface area (Å²) in [7, 11) is 1.55. The summed E-state index contributed by atoms with van der Waals surface area (Å²) in [6, 6.07) is 14.6. The summed E-state index contributed by atoms with van der Waals surface area (Å²) in [5, 5.41) is 2.91. The normalized spacial score (nSPS) is 11.5. The first-order valence-corrected chi connectivity index (χ1v) is 10.4. The Labute approximate surface area is 179 Å². The van der Waals surface area contributed by atoms with Gasteiger partial charge in [-0.25, -0.2) is 0 Å². The Balaban J connectivity index is 2.20. The number of nitrogens with one attached hydrogen (secondary N) is 1. The van der Waals surface area contributed by atoms with Gasteiger partial charge in [-0.2, -0.15) is 0 Å². The number of ether oxygens (including phenoxy) is 2. The number of benzene rings is 2. The zero-order valence-corrected chi connectivity index (χ0v) is 18.3. The molecule has 0 aliphatic heterocycles. The lowest BCUT2D eigenvalue weighted by atomic mass is 10.1. The van der Waals surface area contributed by atoms with Crippen molar-refractivity contribution >= 4 is 11.8 Å². The zero-order valence-electron chi connectivity index (χ0n) is 18.3. The van der Waals surface area contributed by atoms with Crippen molar-refractivity contribution in [3.8, 4) is 11.5 Å². The van der Waals surface area contributed by atoms with E-state index in [0.717, 1.165) is 17.5 Å². The standard InChI is InChI=1S/C24H32N2O4/c1-5-15-25-24(28)20(6-2)26(16-19-13-11-18(3)12-14-19)23(27)17-30-22-10-8-7-9-21(22)29-4/h7-14,20H,5-6,15-17H2,1-4H3,(H,25,28)/t20-/m0/s1.